The van der Waals surface area contributed by atoms with Gasteiger partial charge in [0.1, 0.15) is 0 Å². The van der Waals surface area contributed by atoms with Crippen LogP contribution in [0.4, 0.5) is 0 Å². The fourth-order valence-corrected chi connectivity index (χ4v) is 4.33. The summed E-state index contributed by atoms with van der Waals surface area (Å²) in [6, 6.07) is 3.26. The zero-order valence-corrected chi connectivity index (χ0v) is 13.5. The second-order valence-electron chi connectivity index (χ2n) is 5.43. The third kappa shape index (κ3) is 2.85. The summed E-state index contributed by atoms with van der Waals surface area (Å²) < 4.78 is 26.7. The van der Waals surface area contributed by atoms with E-state index in [1.807, 2.05) is 0 Å². The van der Waals surface area contributed by atoms with E-state index in [0.717, 1.165) is 24.8 Å². The molecule has 0 atom stereocenters. The van der Waals surface area contributed by atoms with E-state index in [1.54, 1.807) is 16.4 Å². The highest BCUT2D eigenvalue weighted by molar-refractivity contribution is 7.89. The van der Waals surface area contributed by atoms with Gasteiger partial charge in [-0.1, -0.05) is 19.9 Å². The Morgan fingerprint density at radius 2 is 2.05 bits per heavy atom. The summed E-state index contributed by atoms with van der Waals surface area (Å²) in [6.07, 6.45) is 4.48. The molecule has 6 heteroatoms. The van der Waals surface area contributed by atoms with Gasteiger partial charge in [0, 0.05) is 25.2 Å². The van der Waals surface area contributed by atoms with Gasteiger partial charge in [0.25, 0.3) is 10.0 Å². The highest BCUT2D eigenvalue weighted by Crippen LogP contribution is 2.38. The molecule has 112 valence electrons. The zero-order valence-electron chi connectivity index (χ0n) is 12.0. The topological polar surface area (TPSA) is 50.3 Å². The molecular formula is C14H21ClN2O2S. The number of rotatable bonds is 5. The number of alkyl halides is 1. The van der Waals surface area contributed by atoms with E-state index in [0.29, 0.717) is 19.0 Å². The Bertz CT molecular complexity index is 553. The molecule has 1 saturated heterocycles. The number of hydrogen-bond donors (Lipinski definition) is 0. The van der Waals surface area contributed by atoms with Crippen LogP contribution < -0.4 is 0 Å². The highest BCUT2D eigenvalue weighted by atomic mass is 35.5. The third-order valence-corrected chi connectivity index (χ3v) is 6.53. The second-order valence-corrected chi connectivity index (χ2v) is 7.59. The smallest absolute Gasteiger partial charge is 0.243 e. The molecule has 1 aromatic heterocycles. The van der Waals surface area contributed by atoms with Crippen molar-refractivity contribution < 1.29 is 8.42 Å². The number of halogens is 1. The van der Waals surface area contributed by atoms with Crippen LogP contribution >= 0.6 is 11.6 Å². The van der Waals surface area contributed by atoms with E-state index < -0.39 is 10.0 Å². The standard InChI is InChI=1S/C14H21ClN2O2S/c1-3-14(4-2)7-8-17(11-14)20(18,19)13-6-5-12(9-15)10-16-13/h5-6,10H,3-4,7-9,11H2,1-2H3. The maximum atomic E-state index is 12.6. The van der Waals surface area contributed by atoms with Crippen molar-refractivity contribution in [1.82, 2.24) is 9.29 Å². The van der Waals surface area contributed by atoms with Crippen LogP contribution in [0.15, 0.2) is 23.4 Å². The first kappa shape index (κ1) is 15.7. The highest BCUT2D eigenvalue weighted by Gasteiger charge is 2.40. The quantitative estimate of drug-likeness (QED) is 0.785. The number of nitrogens with zero attached hydrogens (tertiary/aromatic N) is 2. The van der Waals surface area contributed by atoms with E-state index in [4.69, 9.17) is 11.6 Å². The minimum Gasteiger partial charge on any atom is -0.243 e. The van der Waals surface area contributed by atoms with Gasteiger partial charge < -0.3 is 0 Å². The summed E-state index contributed by atoms with van der Waals surface area (Å²) in [4.78, 5) is 4.05. The fraction of sp³-hybridized carbons (Fsp3) is 0.643. The molecule has 0 amide bonds. The number of sulfonamides is 1. The molecule has 0 unspecified atom stereocenters. The van der Waals surface area contributed by atoms with Gasteiger partial charge in [-0.2, -0.15) is 4.31 Å². The molecule has 0 N–H and O–H groups in total. The van der Waals surface area contributed by atoms with Gasteiger partial charge >= 0.3 is 0 Å². The molecule has 0 saturated carbocycles. The van der Waals surface area contributed by atoms with Crippen molar-refractivity contribution in [2.24, 2.45) is 5.41 Å². The van der Waals surface area contributed by atoms with E-state index in [9.17, 15) is 8.42 Å². The molecule has 1 fully saturated rings. The lowest BCUT2D eigenvalue weighted by Crippen LogP contribution is -2.32. The van der Waals surface area contributed by atoms with E-state index in [2.05, 4.69) is 18.8 Å². The monoisotopic (exact) mass is 316 g/mol. The first-order valence-electron chi connectivity index (χ1n) is 6.98. The molecule has 0 spiro atoms. The molecule has 0 radical (unpaired) electrons. The third-order valence-electron chi connectivity index (χ3n) is 4.46. The Morgan fingerprint density at radius 3 is 2.50 bits per heavy atom. The molecule has 20 heavy (non-hydrogen) atoms. The average molecular weight is 317 g/mol. The van der Waals surface area contributed by atoms with Crippen LogP contribution in [0.2, 0.25) is 0 Å². The molecule has 1 aliphatic rings. The van der Waals surface area contributed by atoms with Gasteiger partial charge in [-0.15, -0.1) is 11.6 Å². The Kier molecular flexibility index (Phi) is 4.72. The molecule has 1 aliphatic heterocycles. The maximum absolute atomic E-state index is 12.6. The predicted octanol–water partition coefficient (Wildman–Crippen LogP) is 3.02. The van der Waals surface area contributed by atoms with Gasteiger partial charge in [0.15, 0.2) is 5.03 Å². The lowest BCUT2D eigenvalue weighted by Gasteiger charge is -2.26. The number of hydrogen-bond acceptors (Lipinski definition) is 3. The Labute approximate surface area is 126 Å². The van der Waals surface area contributed by atoms with Gasteiger partial charge in [0.05, 0.1) is 0 Å². The molecule has 2 heterocycles. The molecular weight excluding hydrogens is 296 g/mol. The second kappa shape index (κ2) is 6.00. The Balaban J connectivity index is 2.23. The molecule has 0 bridgehead atoms. The SMILES string of the molecule is CCC1(CC)CCN(S(=O)(=O)c2ccc(CCl)cn2)C1. The van der Waals surface area contributed by atoms with Crippen molar-refractivity contribution in [3.63, 3.8) is 0 Å². The van der Waals surface area contributed by atoms with Crippen LogP contribution in [-0.4, -0.2) is 30.8 Å². The molecule has 0 aliphatic carbocycles. The Hall–Kier alpha value is -0.650. The summed E-state index contributed by atoms with van der Waals surface area (Å²) in [7, 11) is -3.48. The van der Waals surface area contributed by atoms with Crippen molar-refractivity contribution >= 4 is 21.6 Å². The number of pyridine rings is 1. The van der Waals surface area contributed by atoms with Crippen molar-refractivity contribution in [3.8, 4) is 0 Å². The van der Waals surface area contributed by atoms with Crippen molar-refractivity contribution in [1.29, 1.82) is 0 Å². The fourth-order valence-electron chi connectivity index (χ4n) is 2.70. The summed E-state index contributed by atoms with van der Waals surface area (Å²) >= 11 is 5.70. The molecule has 4 nitrogen and oxygen atoms in total. The lowest BCUT2D eigenvalue weighted by atomic mass is 9.82. The van der Waals surface area contributed by atoms with Crippen molar-refractivity contribution in [2.45, 2.75) is 44.0 Å². The van der Waals surface area contributed by atoms with E-state index >= 15 is 0 Å². The first-order chi connectivity index (χ1) is 9.47. The van der Waals surface area contributed by atoms with Crippen molar-refractivity contribution in [3.05, 3.63) is 23.9 Å². The molecule has 1 aromatic rings. The summed E-state index contributed by atoms with van der Waals surface area (Å²) in [5, 5.41) is 0.120. The summed E-state index contributed by atoms with van der Waals surface area (Å²) in [5.41, 5.74) is 0.951. The van der Waals surface area contributed by atoms with Gasteiger partial charge in [-0.3, -0.25) is 0 Å². The van der Waals surface area contributed by atoms with Crippen LogP contribution in [0.5, 0.6) is 0 Å². The van der Waals surface area contributed by atoms with Gasteiger partial charge in [-0.05, 0) is 36.3 Å². The van der Waals surface area contributed by atoms with E-state index in [-0.39, 0.29) is 10.4 Å². The summed E-state index contributed by atoms with van der Waals surface area (Å²) in [6.45, 7) is 5.45. The predicted molar refractivity (Wildman–Crippen MR) is 80.2 cm³/mol. The van der Waals surface area contributed by atoms with Crippen LogP contribution in [0.25, 0.3) is 0 Å². The van der Waals surface area contributed by atoms with Crippen LogP contribution in [0.3, 0.4) is 0 Å². The van der Waals surface area contributed by atoms with Crippen molar-refractivity contribution in [2.75, 3.05) is 13.1 Å². The van der Waals surface area contributed by atoms with Gasteiger partial charge in [0.2, 0.25) is 0 Å². The number of aromatic nitrogens is 1. The minimum atomic E-state index is -3.48. The maximum Gasteiger partial charge on any atom is 0.260 e. The van der Waals surface area contributed by atoms with Crippen LogP contribution in [0, 0.1) is 5.41 Å². The normalized spacial score (nSPS) is 19.4. The lowest BCUT2D eigenvalue weighted by molar-refractivity contribution is 0.279. The molecule has 2 rings (SSSR count). The molecule has 0 aromatic carbocycles. The largest absolute Gasteiger partial charge is 0.260 e. The minimum absolute atomic E-state index is 0.120. The average Bonchev–Trinajstić information content (AvgIpc) is 2.93. The first-order valence-corrected chi connectivity index (χ1v) is 8.96. The zero-order chi connectivity index (χ0) is 14.8. The Morgan fingerprint density at radius 1 is 1.35 bits per heavy atom. The summed E-state index contributed by atoms with van der Waals surface area (Å²) in [5.74, 6) is 0.339. The van der Waals surface area contributed by atoms with Gasteiger partial charge in [-0.25, -0.2) is 13.4 Å². The van der Waals surface area contributed by atoms with E-state index in [1.165, 1.54) is 6.20 Å². The van der Waals surface area contributed by atoms with Crippen LogP contribution in [-0.2, 0) is 15.9 Å². The van der Waals surface area contributed by atoms with Crippen LogP contribution in [0.1, 0.15) is 38.7 Å².